The predicted molar refractivity (Wildman–Crippen MR) is 72.9 cm³/mol. The molecule has 3 N–H and O–H groups in total. The number of aromatic nitrogens is 1. The van der Waals surface area contributed by atoms with E-state index in [1.165, 1.54) is 24.3 Å². The van der Waals surface area contributed by atoms with Crippen molar-refractivity contribution in [1.29, 1.82) is 0 Å². The summed E-state index contributed by atoms with van der Waals surface area (Å²) in [6.45, 7) is 1.72. The van der Waals surface area contributed by atoms with Crippen molar-refractivity contribution in [2.24, 2.45) is 0 Å². The van der Waals surface area contributed by atoms with Gasteiger partial charge in [0, 0.05) is 17.4 Å². The number of carbonyl (C=O) groups is 1. The van der Waals surface area contributed by atoms with Gasteiger partial charge >= 0.3 is 0 Å². The van der Waals surface area contributed by atoms with Gasteiger partial charge in [0.25, 0.3) is 11.5 Å². The topological polar surface area (TPSA) is 82.2 Å². The van der Waals surface area contributed by atoms with Gasteiger partial charge in [0.05, 0.1) is 5.02 Å². The van der Waals surface area contributed by atoms with Crippen LogP contribution < -0.4 is 10.9 Å². The van der Waals surface area contributed by atoms with Crippen LogP contribution in [-0.4, -0.2) is 16.0 Å². The van der Waals surface area contributed by atoms with Crippen LogP contribution >= 0.6 is 11.6 Å². The van der Waals surface area contributed by atoms with Crippen LogP contribution in [0.15, 0.2) is 35.1 Å². The Kier molecular flexibility index (Phi) is 3.57. The monoisotopic (exact) mass is 278 g/mol. The molecular weight excluding hydrogens is 268 g/mol. The number of pyridine rings is 1. The van der Waals surface area contributed by atoms with Crippen LogP contribution in [0.3, 0.4) is 0 Å². The zero-order valence-corrected chi connectivity index (χ0v) is 10.8. The molecule has 0 aliphatic heterocycles. The highest BCUT2D eigenvalue weighted by Crippen LogP contribution is 2.26. The Morgan fingerprint density at radius 3 is 2.68 bits per heavy atom. The van der Waals surface area contributed by atoms with Crippen molar-refractivity contribution in [3.63, 3.8) is 0 Å². The Bertz CT molecular complexity index is 695. The summed E-state index contributed by atoms with van der Waals surface area (Å²) in [5.74, 6) is -0.694. The van der Waals surface area contributed by atoms with Crippen molar-refractivity contribution in [2.45, 2.75) is 6.92 Å². The highest BCUT2D eigenvalue weighted by atomic mass is 35.5. The van der Waals surface area contributed by atoms with Gasteiger partial charge in [-0.05, 0) is 31.2 Å². The zero-order valence-electron chi connectivity index (χ0n) is 10.0. The van der Waals surface area contributed by atoms with E-state index in [1.807, 2.05) is 0 Å². The number of anilines is 1. The van der Waals surface area contributed by atoms with Gasteiger partial charge in [-0.2, -0.15) is 0 Å². The summed E-state index contributed by atoms with van der Waals surface area (Å²) in [7, 11) is 0. The molecule has 0 atom stereocenters. The maximum absolute atomic E-state index is 11.9. The van der Waals surface area contributed by atoms with Gasteiger partial charge < -0.3 is 15.4 Å². The van der Waals surface area contributed by atoms with E-state index >= 15 is 0 Å². The molecule has 98 valence electrons. The van der Waals surface area contributed by atoms with Gasteiger partial charge in [0.15, 0.2) is 0 Å². The van der Waals surface area contributed by atoms with Crippen LogP contribution in [0.4, 0.5) is 5.69 Å². The Hall–Kier alpha value is -2.27. The second-order valence-corrected chi connectivity index (χ2v) is 4.41. The molecule has 19 heavy (non-hydrogen) atoms. The number of nitrogens with one attached hydrogen (secondary N) is 2. The van der Waals surface area contributed by atoms with E-state index in [-0.39, 0.29) is 16.3 Å². The third-order valence-electron chi connectivity index (χ3n) is 2.50. The molecule has 0 unspecified atom stereocenters. The molecule has 1 amide bonds. The number of aromatic amines is 1. The van der Waals surface area contributed by atoms with E-state index in [4.69, 9.17) is 11.6 Å². The Morgan fingerprint density at radius 1 is 1.32 bits per heavy atom. The minimum absolute atomic E-state index is 0.0000368. The number of rotatable bonds is 2. The van der Waals surface area contributed by atoms with Gasteiger partial charge in [-0.1, -0.05) is 11.6 Å². The second kappa shape index (κ2) is 5.16. The highest BCUT2D eigenvalue weighted by Gasteiger charge is 2.11. The molecule has 0 fully saturated rings. The van der Waals surface area contributed by atoms with Gasteiger partial charge in [0.1, 0.15) is 11.3 Å². The molecule has 2 aromatic rings. The van der Waals surface area contributed by atoms with E-state index < -0.39 is 11.5 Å². The number of aryl methyl sites for hydroxylation is 1. The molecule has 0 bridgehead atoms. The lowest BCUT2D eigenvalue weighted by molar-refractivity contribution is 0.102. The number of amides is 1. The van der Waals surface area contributed by atoms with Crippen LogP contribution in [0.5, 0.6) is 5.75 Å². The first-order valence-electron chi connectivity index (χ1n) is 5.47. The second-order valence-electron chi connectivity index (χ2n) is 4.00. The minimum Gasteiger partial charge on any atom is -0.506 e. The average molecular weight is 279 g/mol. The summed E-state index contributed by atoms with van der Waals surface area (Å²) in [5.41, 5.74) is 0.563. The largest absolute Gasteiger partial charge is 0.506 e. The Morgan fingerprint density at radius 2 is 2.05 bits per heavy atom. The molecule has 0 saturated carbocycles. The molecule has 1 aromatic carbocycles. The quantitative estimate of drug-likeness (QED) is 0.788. The van der Waals surface area contributed by atoms with Gasteiger partial charge in [0.2, 0.25) is 0 Å². The number of hydrogen-bond donors (Lipinski definition) is 3. The molecule has 0 aliphatic rings. The number of benzene rings is 1. The van der Waals surface area contributed by atoms with E-state index in [1.54, 1.807) is 13.0 Å². The molecule has 0 radical (unpaired) electrons. The first-order chi connectivity index (χ1) is 8.97. The predicted octanol–water partition coefficient (Wildman–Crippen LogP) is 2.29. The van der Waals surface area contributed by atoms with E-state index in [2.05, 4.69) is 10.3 Å². The standard InChI is InChI=1S/C13H11ClN2O3/c1-7-2-4-9(12(18)15-7)13(19)16-8-3-5-10(14)11(17)6-8/h2-6,17H,1H3,(H,15,18)(H,16,19). The van der Waals surface area contributed by atoms with Crippen LogP contribution in [0.25, 0.3) is 0 Å². The number of aromatic hydroxyl groups is 1. The van der Waals surface area contributed by atoms with E-state index in [0.717, 1.165) is 0 Å². The summed E-state index contributed by atoms with van der Waals surface area (Å²) in [4.78, 5) is 26.0. The third-order valence-corrected chi connectivity index (χ3v) is 2.82. The Labute approximate surface area is 113 Å². The smallest absolute Gasteiger partial charge is 0.261 e. The first-order valence-corrected chi connectivity index (χ1v) is 5.85. The van der Waals surface area contributed by atoms with Crippen LogP contribution in [0, 0.1) is 6.92 Å². The summed E-state index contributed by atoms with van der Waals surface area (Å²) < 4.78 is 0. The van der Waals surface area contributed by atoms with Crippen LogP contribution in [-0.2, 0) is 0 Å². The fraction of sp³-hybridized carbons (Fsp3) is 0.0769. The molecule has 6 heteroatoms. The summed E-state index contributed by atoms with van der Waals surface area (Å²) in [6, 6.07) is 7.37. The van der Waals surface area contributed by atoms with Crippen LogP contribution in [0.2, 0.25) is 5.02 Å². The number of halogens is 1. The molecule has 0 saturated heterocycles. The number of hydrogen-bond acceptors (Lipinski definition) is 3. The summed E-state index contributed by atoms with van der Waals surface area (Å²) in [5, 5.41) is 12.1. The molecule has 5 nitrogen and oxygen atoms in total. The van der Waals surface area contributed by atoms with Crippen LogP contribution in [0.1, 0.15) is 16.1 Å². The average Bonchev–Trinajstić information content (AvgIpc) is 2.33. The molecule has 2 rings (SSSR count). The van der Waals surface area contributed by atoms with Crippen molar-refractivity contribution in [3.05, 3.63) is 57.0 Å². The summed E-state index contributed by atoms with van der Waals surface area (Å²) in [6.07, 6.45) is 0. The van der Waals surface area contributed by atoms with Crippen molar-refractivity contribution in [3.8, 4) is 5.75 Å². The number of phenols is 1. The lowest BCUT2D eigenvalue weighted by atomic mass is 10.2. The van der Waals surface area contributed by atoms with Crippen molar-refractivity contribution >= 4 is 23.2 Å². The van der Waals surface area contributed by atoms with Crippen molar-refractivity contribution in [1.82, 2.24) is 4.98 Å². The van der Waals surface area contributed by atoms with E-state index in [9.17, 15) is 14.7 Å². The number of H-pyrrole nitrogens is 1. The third kappa shape index (κ3) is 2.95. The van der Waals surface area contributed by atoms with Crippen molar-refractivity contribution in [2.75, 3.05) is 5.32 Å². The SMILES string of the molecule is Cc1ccc(C(=O)Nc2ccc(Cl)c(O)c2)c(=O)[nH]1. The number of carbonyl (C=O) groups excluding carboxylic acids is 1. The van der Waals surface area contributed by atoms with Gasteiger partial charge in [-0.3, -0.25) is 9.59 Å². The Balaban J connectivity index is 2.25. The summed E-state index contributed by atoms with van der Waals surface area (Å²) >= 11 is 5.66. The van der Waals surface area contributed by atoms with E-state index in [0.29, 0.717) is 11.4 Å². The molecule has 1 aromatic heterocycles. The fourth-order valence-electron chi connectivity index (χ4n) is 1.54. The maximum Gasteiger partial charge on any atom is 0.261 e. The van der Waals surface area contributed by atoms with Crippen molar-refractivity contribution < 1.29 is 9.90 Å². The molecular formula is C13H11ClN2O3. The maximum atomic E-state index is 11.9. The van der Waals surface area contributed by atoms with Gasteiger partial charge in [-0.15, -0.1) is 0 Å². The minimum atomic E-state index is -0.553. The molecule has 0 aliphatic carbocycles. The first kappa shape index (κ1) is 13.2. The lowest BCUT2D eigenvalue weighted by Gasteiger charge is -2.06. The number of phenolic OH excluding ortho intramolecular Hbond substituents is 1. The molecule has 1 heterocycles. The normalized spacial score (nSPS) is 10.2. The zero-order chi connectivity index (χ0) is 14.0. The van der Waals surface area contributed by atoms with Gasteiger partial charge in [-0.25, -0.2) is 0 Å². The molecule has 0 spiro atoms. The fourth-order valence-corrected chi connectivity index (χ4v) is 1.66. The highest BCUT2D eigenvalue weighted by molar-refractivity contribution is 6.32. The lowest BCUT2D eigenvalue weighted by Crippen LogP contribution is -2.23.